The Morgan fingerprint density at radius 2 is 1.50 bits per heavy atom. The number of hydrogen-bond donors (Lipinski definition) is 0. The zero-order valence-electron chi connectivity index (χ0n) is 8.42. The first-order valence-electron chi connectivity index (χ1n) is 5.06. The summed E-state index contributed by atoms with van der Waals surface area (Å²) >= 11 is 0. The van der Waals surface area contributed by atoms with E-state index >= 15 is 0 Å². The van der Waals surface area contributed by atoms with Gasteiger partial charge in [-0.2, -0.15) is 0 Å². The predicted octanol–water partition coefficient (Wildman–Crippen LogP) is 4.29. The van der Waals surface area contributed by atoms with E-state index in [2.05, 4.69) is 44.6 Å². The number of rotatable bonds is 7. The molecule has 69 valence electrons. The molecule has 0 aliphatic rings. The zero-order chi connectivity index (χ0) is 9.07. The molecule has 0 saturated carbocycles. The normalized spacial score (nSPS) is 11.8. The molecule has 0 heteroatoms. The van der Waals surface area contributed by atoms with Crippen LogP contribution in [0.15, 0.2) is 24.3 Å². The SMILES string of the molecule is CCCC=C[CH]C=CCCCC. The summed E-state index contributed by atoms with van der Waals surface area (Å²) in [6, 6.07) is 0. The molecule has 0 rings (SSSR count). The smallest absolute Gasteiger partial charge is 0.00441 e. The van der Waals surface area contributed by atoms with Crippen molar-refractivity contribution in [3.05, 3.63) is 30.7 Å². The van der Waals surface area contributed by atoms with Gasteiger partial charge in [-0.15, -0.1) is 0 Å². The zero-order valence-corrected chi connectivity index (χ0v) is 8.42. The van der Waals surface area contributed by atoms with Crippen molar-refractivity contribution in [2.75, 3.05) is 0 Å². The number of hydrogen-bond acceptors (Lipinski definition) is 0. The van der Waals surface area contributed by atoms with Crippen LogP contribution in [0.4, 0.5) is 0 Å². The van der Waals surface area contributed by atoms with Crippen LogP contribution in [-0.4, -0.2) is 0 Å². The van der Waals surface area contributed by atoms with E-state index in [0.29, 0.717) is 0 Å². The molecule has 0 saturated heterocycles. The molecule has 0 aliphatic heterocycles. The van der Waals surface area contributed by atoms with Crippen molar-refractivity contribution in [1.82, 2.24) is 0 Å². The molecule has 0 bridgehead atoms. The second-order valence-corrected chi connectivity index (χ2v) is 2.98. The van der Waals surface area contributed by atoms with Gasteiger partial charge in [-0.05, 0) is 12.8 Å². The summed E-state index contributed by atoms with van der Waals surface area (Å²) in [4.78, 5) is 0. The van der Waals surface area contributed by atoms with Gasteiger partial charge >= 0.3 is 0 Å². The van der Waals surface area contributed by atoms with Crippen LogP contribution < -0.4 is 0 Å². The van der Waals surface area contributed by atoms with Crippen molar-refractivity contribution in [1.29, 1.82) is 0 Å². The largest absolute Gasteiger partial charge is 0.0879 e. The van der Waals surface area contributed by atoms with Crippen molar-refractivity contribution < 1.29 is 0 Å². The minimum Gasteiger partial charge on any atom is -0.0879 e. The first-order chi connectivity index (χ1) is 5.91. The van der Waals surface area contributed by atoms with Gasteiger partial charge in [-0.1, -0.05) is 57.4 Å². The monoisotopic (exact) mass is 165 g/mol. The Hall–Kier alpha value is -0.520. The molecule has 1 radical (unpaired) electrons. The van der Waals surface area contributed by atoms with Gasteiger partial charge in [0.15, 0.2) is 0 Å². The fourth-order valence-electron chi connectivity index (χ4n) is 0.902. The minimum absolute atomic E-state index is 1.19. The molecule has 0 N–H and O–H groups in total. The summed E-state index contributed by atoms with van der Waals surface area (Å²) in [6.45, 7) is 4.42. The Labute approximate surface area is 77.4 Å². The number of allylic oxidation sites excluding steroid dienone is 4. The maximum atomic E-state index is 2.24. The average molecular weight is 165 g/mol. The van der Waals surface area contributed by atoms with Gasteiger partial charge in [0.1, 0.15) is 0 Å². The molecule has 0 spiro atoms. The summed E-state index contributed by atoms with van der Waals surface area (Å²) in [6.07, 6.45) is 17.1. The molecule has 0 fully saturated rings. The lowest BCUT2D eigenvalue weighted by Gasteiger charge is -1.87. The fourth-order valence-corrected chi connectivity index (χ4v) is 0.902. The van der Waals surface area contributed by atoms with Gasteiger partial charge in [-0.25, -0.2) is 0 Å². The molecule has 0 unspecified atom stereocenters. The highest BCUT2D eigenvalue weighted by atomic mass is 13.8. The highest BCUT2D eigenvalue weighted by Crippen LogP contribution is 1.96. The van der Waals surface area contributed by atoms with Gasteiger partial charge in [-0.3, -0.25) is 0 Å². The second-order valence-electron chi connectivity index (χ2n) is 2.98. The summed E-state index contributed by atoms with van der Waals surface area (Å²) in [5.41, 5.74) is 0. The molecule has 12 heavy (non-hydrogen) atoms. The van der Waals surface area contributed by atoms with Crippen LogP contribution in [-0.2, 0) is 0 Å². The summed E-state index contributed by atoms with van der Waals surface area (Å²) < 4.78 is 0. The Morgan fingerprint density at radius 1 is 0.833 bits per heavy atom. The summed E-state index contributed by atoms with van der Waals surface area (Å²) in [5.74, 6) is 0. The van der Waals surface area contributed by atoms with Crippen molar-refractivity contribution in [3.63, 3.8) is 0 Å². The van der Waals surface area contributed by atoms with E-state index in [4.69, 9.17) is 0 Å². The van der Waals surface area contributed by atoms with E-state index in [1.807, 2.05) is 0 Å². The molecule has 0 amide bonds. The Balaban J connectivity index is 3.12. The van der Waals surface area contributed by atoms with Crippen LogP contribution in [0.1, 0.15) is 46.0 Å². The van der Waals surface area contributed by atoms with E-state index in [9.17, 15) is 0 Å². The topological polar surface area (TPSA) is 0 Å². The van der Waals surface area contributed by atoms with Crippen molar-refractivity contribution in [2.45, 2.75) is 46.0 Å². The van der Waals surface area contributed by atoms with Crippen LogP contribution in [0.3, 0.4) is 0 Å². The third-order valence-corrected chi connectivity index (χ3v) is 1.67. The predicted molar refractivity (Wildman–Crippen MR) is 57.0 cm³/mol. The molecule has 0 nitrogen and oxygen atoms in total. The maximum absolute atomic E-state index is 2.24. The second kappa shape index (κ2) is 10.5. The molecule has 0 aromatic heterocycles. The van der Waals surface area contributed by atoms with Crippen LogP contribution in [0.25, 0.3) is 0 Å². The van der Waals surface area contributed by atoms with Gasteiger partial charge in [0, 0.05) is 6.42 Å². The van der Waals surface area contributed by atoms with E-state index in [-0.39, 0.29) is 0 Å². The van der Waals surface area contributed by atoms with Crippen molar-refractivity contribution in [2.24, 2.45) is 0 Å². The van der Waals surface area contributed by atoms with Crippen LogP contribution in [0.5, 0.6) is 0 Å². The number of unbranched alkanes of at least 4 members (excludes halogenated alkanes) is 3. The highest BCUT2D eigenvalue weighted by molar-refractivity contribution is 5.07. The lowest BCUT2D eigenvalue weighted by Crippen LogP contribution is -1.67. The molecule has 0 aromatic rings. The van der Waals surface area contributed by atoms with E-state index in [0.717, 1.165) is 0 Å². The van der Waals surface area contributed by atoms with E-state index in [1.165, 1.54) is 32.1 Å². The molecule has 0 aliphatic carbocycles. The van der Waals surface area contributed by atoms with Gasteiger partial charge < -0.3 is 0 Å². The molecule has 0 atom stereocenters. The third kappa shape index (κ3) is 9.48. The Kier molecular flexibility index (Phi) is 10.0. The lowest BCUT2D eigenvalue weighted by atomic mass is 10.2. The first kappa shape index (κ1) is 11.5. The molecule has 0 heterocycles. The maximum Gasteiger partial charge on any atom is 0.00441 e. The van der Waals surface area contributed by atoms with Crippen LogP contribution in [0, 0.1) is 6.42 Å². The van der Waals surface area contributed by atoms with Crippen molar-refractivity contribution in [3.8, 4) is 0 Å². The van der Waals surface area contributed by atoms with Crippen LogP contribution in [0.2, 0.25) is 0 Å². The minimum atomic E-state index is 1.19. The fraction of sp³-hybridized carbons (Fsp3) is 0.583. The average Bonchev–Trinajstić information content (AvgIpc) is 2.10. The first-order valence-corrected chi connectivity index (χ1v) is 5.06. The van der Waals surface area contributed by atoms with Gasteiger partial charge in [0.2, 0.25) is 0 Å². The Morgan fingerprint density at radius 3 is 2.08 bits per heavy atom. The highest BCUT2D eigenvalue weighted by Gasteiger charge is 1.77. The third-order valence-electron chi connectivity index (χ3n) is 1.67. The van der Waals surface area contributed by atoms with E-state index in [1.54, 1.807) is 0 Å². The quantitative estimate of drug-likeness (QED) is 0.493. The molecule has 0 aromatic carbocycles. The van der Waals surface area contributed by atoms with E-state index < -0.39 is 0 Å². The Bertz CT molecular complexity index is 120. The lowest BCUT2D eigenvalue weighted by molar-refractivity contribution is 0.814. The van der Waals surface area contributed by atoms with Gasteiger partial charge in [0.25, 0.3) is 0 Å². The van der Waals surface area contributed by atoms with Crippen LogP contribution >= 0.6 is 0 Å². The summed E-state index contributed by atoms with van der Waals surface area (Å²) in [7, 11) is 0. The van der Waals surface area contributed by atoms with Gasteiger partial charge in [0.05, 0.1) is 0 Å². The molecular weight excluding hydrogens is 144 g/mol. The molecular formula is C12H21. The summed E-state index contributed by atoms with van der Waals surface area (Å²) in [5, 5.41) is 0. The van der Waals surface area contributed by atoms with Crippen molar-refractivity contribution >= 4 is 0 Å². The standard InChI is InChI=1S/C12H21/c1-3-5-7-9-11-12-10-8-6-4-2/h7,9-12H,3-6,8H2,1-2H3.